The number of hydrogen-bond donors (Lipinski definition) is 2. The zero-order valence-electron chi connectivity index (χ0n) is 11.1. The summed E-state index contributed by atoms with van der Waals surface area (Å²) in [7, 11) is 0. The normalized spacial score (nSPS) is 10.3. The molecule has 0 atom stereocenters. The highest BCUT2D eigenvalue weighted by atomic mass is 35.5. The lowest BCUT2D eigenvalue weighted by atomic mass is 10.1. The van der Waals surface area contributed by atoms with Crippen LogP contribution in [0.2, 0.25) is 5.15 Å². The van der Waals surface area contributed by atoms with Gasteiger partial charge in [-0.1, -0.05) is 43.1 Å². The van der Waals surface area contributed by atoms with Crippen LogP contribution in [0.5, 0.6) is 0 Å². The molecule has 104 valence electrons. The molecule has 0 saturated heterocycles. The zero-order valence-corrected chi connectivity index (χ0v) is 11.8. The van der Waals surface area contributed by atoms with Crippen molar-refractivity contribution in [1.82, 2.24) is 4.98 Å². The van der Waals surface area contributed by atoms with E-state index in [1.807, 2.05) is 24.3 Å². The average molecular weight is 291 g/mol. The van der Waals surface area contributed by atoms with Gasteiger partial charge in [0.1, 0.15) is 16.5 Å². The molecule has 0 saturated carbocycles. The van der Waals surface area contributed by atoms with Gasteiger partial charge in [0.2, 0.25) is 0 Å². The molecule has 0 unspecified atom stereocenters. The van der Waals surface area contributed by atoms with Crippen LogP contribution in [0.1, 0.15) is 29.3 Å². The van der Waals surface area contributed by atoms with Gasteiger partial charge in [0.15, 0.2) is 0 Å². The van der Waals surface area contributed by atoms with Gasteiger partial charge in [-0.3, -0.25) is 0 Å². The molecule has 0 amide bonds. The standard InChI is InChI=1S/C15H15ClN2O2/c1-2-5-10-6-3-4-7-12(10)17-14-11(15(19)20)8-9-13(16)18-14/h3-4,6-9H,2,5H2,1H3,(H,17,18)(H,19,20). The van der Waals surface area contributed by atoms with Gasteiger partial charge in [-0.25, -0.2) is 9.78 Å². The van der Waals surface area contributed by atoms with Gasteiger partial charge < -0.3 is 10.4 Å². The molecule has 0 bridgehead atoms. The Labute approximate surface area is 122 Å². The molecular formula is C15H15ClN2O2. The van der Waals surface area contributed by atoms with E-state index in [-0.39, 0.29) is 16.5 Å². The van der Waals surface area contributed by atoms with Crippen LogP contribution in [0.4, 0.5) is 11.5 Å². The quantitative estimate of drug-likeness (QED) is 0.813. The van der Waals surface area contributed by atoms with Crippen molar-refractivity contribution >= 4 is 29.1 Å². The highest BCUT2D eigenvalue weighted by Crippen LogP contribution is 2.24. The van der Waals surface area contributed by atoms with E-state index in [9.17, 15) is 9.90 Å². The van der Waals surface area contributed by atoms with Crippen LogP contribution >= 0.6 is 11.6 Å². The molecule has 1 heterocycles. The molecule has 0 fully saturated rings. The Morgan fingerprint density at radius 3 is 2.75 bits per heavy atom. The van der Waals surface area contributed by atoms with Crippen LogP contribution in [0.25, 0.3) is 0 Å². The highest BCUT2D eigenvalue weighted by molar-refractivity contribution is 6.29. The molecule has 5 heteroatoms. The maximum absolute atomic E-state index is 11.2. The summed E-state index contributed by atoms with van der Waals surface area (Å²) in [5.41, 5.74) is 2.07. The van der Waals surface area contributed by atoms with Crippen molar-refractivity contribution in [3.8, 4) is 0 Å². The van der Waals surface area contributed by atoms with E-state index >= 15 is 0 Å². The first-order valence-electron chi connectivity index (χ1n) is 6.36. The number of benzene rings is 1. The smallest absolute Gasteiger partial charge is 0.339 e. The number of aryl methyl sites for hydroxylation is 1. The second kappa shape index (κ2) is 6.39. The van der Waals surface area contributed by atoms with Gasteiger partial charge in [0, 0.05) is 5.69 Å². The first kappa shape index (κ1) is 14.3. The SMILES string of the molecule is CCCc1ccccc1Nc1nc(Cl)ccc1C(=O)O. The van der Waals surface area contributed by atoms with Crippen LogP contribution in [0, 0.1) is 0 Å². The molecule has 2 rings (SSSR count). The lowest BCUT2D eigenvalue weighted by molar-refractivity contribution is 0.0697. The Morgan fingerprint density at radius 1 is 1.30 bits per heavy atom. The summed E-state index contributed by atoms with van der Waals surface area (Å²) in [6.07, 6.45) is 1.92. The number of para-hydroxylation sites is 1. The number of anilines is 2. The summed E-state index contributed by atoms with van der Waals surface area (Å²) in [6.45, 7) is 2.09. The fourth-order valence-corrected chi connectivity index (χ4v) is 2.11. The number of halogens is 1. The third-order valence-electron chi connectivity index (χ3n) is 2.88. The van der Waals surface area contributed by atoms with Gasteiger partial charge >= 0.3 is 5.97 Å². The average Bonchev–Trinajstić information content (AvgIpc) is 2.41. The summed E-state index contributed by atoms with van der Waals surface area (Å²) in [5.74, 6) is -0.779. The van der Waals surface area contributed by atoms with Gasteiger partial charge in [-0.05, 0) is 30.2 Å². The molecular weight excluding hydrogens is 276 g/mol. The first-order chi connectivity index (χ1) is 9.61. The third-order valence-corrected chi connectivity index (χ3v) is 3.09. The monoisotopic (exact) mass is 290 g/mol. The van der Waals surface area contributed by atoms with Crippen molar-refractivity contribution in [2.24, 2.45) is 0 Å². The zero-order chi connectivity index (χ0) is 14.5. The Hall–Kier alpha value is -2.07. The second-order valence-electron chi connectivity index (χ2n) is 4.37. The van der Waals surface area contributed by atoms with Gasteiger partial charge in [-0.2, -0.15) is 0 Å². The van der Waals surface area contributed by atoms with E-state index < -0.39 is 5.97 Å². The summed E-state index contributed by atoms with van der Waals surface area (Å²) < 4.78 is 0. The number of aromatic nitrogens is 1. The number of carboxylic acid groups (broad SMARTS) is 1. The minimum Gasteiger partial charge on any atom is -0.478 e. The van der Waals surface area contributed by atoms with Crippen LogP contribution in [-0.4, -0.2) is 16.1 Å². The number of carbonyl (C=O) groups is 1. The van der Waals surface area contributed by atoms with Gasteiger partial charge in [0.05, 0.1) is 0 Å². The van der Waals surface area contributed by atoms with E-state index in [2.05, 4.69) is 17.2 Å². The number of hydrogen-bond acceptors (Lipinski definition) is 3. The summed E-state index contributed by atoms with van der Waals surface area (Å²) in [6, 6.07) is 10.7. The molecule has 1 aromatic carbocycles. The minimum atomic E-state index is -1.04. The van der Waals surface area contributed by atoms with E-state index in [4.69, 9.17) is 11.6 Å². The Morgan fingerprint density at radius 2 is 2.05 bits per heavy atom. The molecule has 1 aromatic heterocycles. The van der Waals surface area contributed by atoms with Crippen LogP contribution in [0.3, 0.4) is 0 Å². The maximum atomic E-state index is 11.2. The molecule has 0 spiro atoms. The van der Waals surface area contributed by atoms with E-state index in [0.29, 0.717) is 0 Å². The molecule has 4 nitrogen and oxygen atoms in total. The lowest BCUT2D eigenvalue weighted by Crippen LogP contribution is -2.06. The predicted octanol–water partition coefficient (Wildman–Crippen LogP) is 4.13. The van der Waals surface area contributed by atoms with E-state index in [1.165, 1.54) is 12.1 Å². The topological polar surface area (TPSA) is 62.2 Å². The number of aromatic carboxylic acids is 1. The first-order valence-corrected chi connectivity index (χ1v) is 6.74. The van der Waals surface area contributed by atoms with Crippen molar-refractivity contribution in [1.29, 1.82) is 0 Å². The fraction of sp³-hybridized carbons (Fsp3) is 0.200. The summed E-state index contributed by atoms with van der Waals surface area (Å²) in [4.78, 5) is 15.3. The van der Waals surface area contributed by atoms with Crippen molar-refractivity contribution in [2.75, 3.05) is 5.32 Å². The highest BCUT2D eigenvalue weighted by Gasteiger charge is 2.13. The predicted molar refractivity (Wildman–Crippen MR) is 79.9 cm³/mol. The molecule has 2 aromatic rings. The largest absolute Gasteiger partial charge is 0.478 e. The van der Waals surface area contributed by atoms with Crippen molar-refractivity contribution in [2.45, 2.75) is 19.8 Å². The molecule has 0 aliphatic heterocycles. The van der Waals surface area contributed by atoms with E-state index in [0.717, 1.165) is 24.1 Å². The minimum absolute atomic E-state index is 0.0979. The Bertz CT molecular complexity index is 629. The molecule has 0 aliphatic carbocycles. The van der Waals surface area contributed by atoms with Gasteiger partial charge in [-0.15, -0.1) is 0 Å². The Kier molecular flexibility index (Phi) is 4.58. The second-order valence-corrected chi connectivity index (χ2v) is 4.75. The number of nitrogens with one attached hydrogen (secondary N) is 1. The molecule has 0 aliphatic rings. The fourth-order valence-electron chi connectivity index (χ4n) is 1.96. The maximum Gasteiger partial charge on any atom is 0.339 e. The molecule has 20 heavy (non-hydrogen) atoms. The number of carboxylic acids is 1. The number of rotatable bonds is 5. The van der Waals surface area contributed by atoms with Crippen molar-refractivity contribution in [3.05, 3.63) is 52.7 Å². The summed E-state index contributed by atoms with van der Waals surface area (Å²) in [5, 5.41) is 12.5. The van der Waals surface area contributed by atoms with Crippen molar-refractivity contribution < 1.29 is 9.90 Å². The Balaban J connectivity index is 2.39. The van der Waals surface area contributed by atoms with E-state index in [1.54, 1.807) is 0 Å². The lowest BCUT2D eigenvalue weighted by Gasteiger charge is -2.12. The van der Waals surface area contributed by atoms with Crippen LogP contribution in [0.15, 0.2) is 36.4 Å². The molecule has 0 radical (unpaired) electrons. The van der Waals surface area contributed by atoms with Crippen molar-refractivity contribution in [3.63, 3.8) is 0 Å². The number of pyridine rings is 1. The van der Waals surface area contributed by atoms with Crippen LogP contribution in [-0.2, 0) is 6.42 Å². The summed E-state index contributed by atoms with van der Waals surface area (Å²) >= 11 is 5.84. The molecule has 2 N–H and O–H groups in total. The third kappa shape index (κ3) is 3.27. The van der Waals surface area contributed by atoms with Crippen LogP contribution < -0.4 is 5.32 Å². The van der Waals surface area contributed by atoms with Gasteiger partial charge in [0.25, 0.3) is 0 Å². The number of nitrogens with zero attached hydrogens (tertiary/aromatic N) is 1.